The Kier molecular flexibility index (Phi) is 2.40. The molecular formula is C7H11F3N2O. The van der Waals surface area contributed by atoms with Gasteiger partial charge in [-0.2, -0.15) is 13.2 Å². The predicted octanol–water partition coefficient (Wildman–Crippen LogP) is 1.35. The van der Waals surface area contributed by atoms with E-state index in [9.17, 15) is 18.0 Å². The van der Waals surface area contributed by atoms with Crippen LogP contribution in [0.5, 0.6) is 0 Å². The van der Waals surface area contributed by atoms with Crippen molar-refractivity contribution in [3.8, 4) is 0 Å². The molecule has 0 aromatic carbocycles. The Labute approximate surface area is 73.9 Å². The van der Waals surface area contributed by atoms with Crippen LogP contribution in [0, 0.1) is 0 Å². The molecular weight excluding hydrogens is 185 g/mol. The normalized spacial score (nSPS) is 24.0. The molecule has 6 heteroatoms. The summed E-state index contributed by atoms with van der Waals surface area (Å²) >= 11 is 0. The molecule has 0 saturated carbocycles. The molecule has 0 spiro atoms. The van der Waals surface area contributed by atoms with E-state index in [4.69, 9.17) is 0 Å². The number of nitrogens with zero attached hydrogens (tertiary/aromatic N) is 1. The monoisotopic (exact) mass is 196 g/mol. The van der Waals surface area contributed by atoms with Gasteiger partial charge in [0.2, 0.25) is 0 Å². The van der Waals surface area contributed by atoms with Crippen LogP contribution >= 0.6 is 0 Å². The highest BCUT2D eigenvalue weighted by atomic mass is 19.4. The zero-order chi connectivity index (χ0) is 10.2. The molecule has 3 nitrogen and oxygen atoms in total. The van der Waals surface area contributed by atoms with Gasteiger partial charge in [0.1, 0.15) is 6.04 Å². The first kappa shape index (κ1) is 10.1. The number of urea groups is 1. The van der Waals surface area contributed by atoms with Gasteiger partial charge in [-0.3, -0.25) is 0 Å². The van der Waals surface area contributed by atoms with Crippen molar-refractivity contribution < 1.29 is 18.0 Å². The van der Waals surface area contributed by atoms with E-state index < -0.39 is 18.2 Å². The molecule has 1 fully saturated rings. The number of halogens is 3. The minimum atomic E-state index is -4.35. The lowest BCUT2D eigenvalue weighted by Crippen LogP contribution is -2.40. The van der Waals surface area contributed by atoms with Crippen molar-refractivity contribution in [1.29, 1.82) is 0 Å². The second kappa shape index (κ2) is 3.08. The van der Waals surface area contributed by atoms with Crippen molar-refractivity contribution >= 4 is 6.03 Å². The maximum absolute atomic E-state index is 12.1. The summed E-state index contributed by atoms with van der Waals surface area (Å²) in [5.74, 6) is 0. The van der Waals surface area contributed by atoms with Crippen LogP contribution in [0.25, 0.3) is 0 Å². The van der Waals surface area contributed by atoms with Crippen LogP contribution in [0.3, 0.4) is 0 Å². The Hall–Kier alpha value is -0.940. The van der Waals surface area contributed by atoms with Gasteiger partial charge in [0.15, 0.2) is 0 Å². The quantitative estimate of drug-likeness (QED) is 0.674. The van der Waals surface area contributed by atoms with Gasteiger partial charge in [-0.05, 0) is 13.8 Å². The fraction of sp³-hybridized carbons (Fsp3) is 0.857. The molecule has 76 valence electrons. The lowest BCUT2D eigenvalue weighted by molar-refractivity contribution is -0.150. The van der Waals surface area contributed by atoms with Crippen molar-refractivity contribution in [2.24, 2.45) is 0 Å². The van der Waals surface area contributed by atoms with Gasteiger partial charge in [0, 0.05) is 6.04 Å². The van der Waals surface area contributed by atoms with Crippen molar-refractivity contribution in [3.05, 3.63) is 0 Å². The van der Waals surface area contributed by atoms with Crippen molar-refractivity contribution in [1.82, 2.24) is 10.2 Å². The molecule has 0 radical (unpaired) electrons. The molecule has 2 amide bonds. The molecule has 1 rings (SSSR count). The number of nitrogens with one attached hydrogen (secondary N) is 1. The molecule has 1 aliphatic heterocycles. The average molecular weight is 196 g/mol. The number of carbonyl (C=O) groups excluding carboxylic acids is 1. The van der Waals surface area contributed by atoms with E-state index in [1.807, 2.05) is 5.32 Å². The average Bonchev–Trinajstić information content (AvgIpc) is 2.29. The highest BCUT2D eigenvalue weighted by molar-refractivity contribution is 5.77. The Morgan fingerprint density at radius 1 is 1.54 bits per heavy atom. The van der Waals surface area contributed by atoms with E-state index >= 15 is 0 Å². The number of carbonyl (C=O) groups is 1. The van der Waals surface area contributed by atoms with Gasteiger partial charge in [-0.25, -0.2) is 4.79 Å². The molecule has 0 aliphatic carbocycles. The van der Waals surface area contributed by atoms with E-state index in [-0.39, 0.29) is 12.6 Å². The van der Waals surface area contributed by atoms with E-state index in [0.717, 1.165) is 4.90 Å². The van der Waals surface area contributed by atoms with Gasteiger partial charge in [0.05, 0.1) is 6.54 Å². The second-order valence-corrected chi connectivity index (χ2v) is 3.29. The molecule has 0 bridgehead atoms. The zero-order valence-electron chi connectivity index (χ0n) is 7.35. The first-order valence-corrected chi connectivity index (χ1v) is 3.96. The maximum atomic E-state index is 12.1. The lowest BCUT2D eigenvalue weighted by Gasteiger charge is -2.19. The van der Waals surface area contributed by atoms with Crippen LogP contribution < -0.4 is 5.32 Å². The first-order valence-electron chi connectivity index (χ1n) is 3.96. The topological polar surface area (TPSA) is 32.3 Å². The van der Waals surface area contributed by atoms with E-state index in [2.05, 4.69) is 0 Å². The fourth-order valence-corrected chi connectivity index (χ4v) is 1.19. The van der Waals surface area contributed by atoms with E-state index in [1.54, 1.807) is 13.8 Å². The third kappa shape index (κ3) is 2.05. The van der Waals surface area contributed by atoms with Gasteiger partial charge in [-0.15, -0.1) is 0 Å². The van der Waals surface area contributed by atoms with E-state index in [1.165, 1.54) is 0 Å². The van der Waals surface area contributed by atoms with Crippen LogP contribution in [0.1, 0.15) is 13.8 Å². The minimum Gasteiger partial charge on any atom is -0.324 e. The summed E-state index contributed by atoms with van der Waals surface area (Å²) in [5.41, 5.74) is 0. The largest absolute Gasteiger partial charge is 0.410 e. The van der Waals surface area contributed by atoms with Gasteiger partial charge in [0.25, 0.3) is 0 Å². The minimum absolute atomic E-state index is 0.202. The summed E-state index contributed by atoms with van der Waals surface area (Å²) in [6.07, 6.45) is -4.35. The summed E-state index contributed by atoms with van der Waals surface area (Å²) in [7, 11) is 0. The summed E-state index contributed by atoms with van der Waals surface area (Å²) in [5, 5.41) is 1.89. The second-order valence-electron chi connectivity index (χ2n) is 3.29. The van der Waals surface area contributed by atoms with Crippen LogP contribution in [-0.2, 0) is 0 Å². The van der Waals surface area contributed by atoms with Crippen molar-refractivity contribution in [2.75, 3.05) is 6.54 Å². The zero-order valence-corrected chi connectivity index (χ0v) is 7.35. The molecule has 1 heterocycles. The molecule has 1 saturated heterocycles. The van der Waals surface area contributed by atoms with Crippen molar-refractivity contribution in [2.45, 2.75) is 32.1 Å². The standard InChI is InChI=1S/C7H11F3N2O/c1-4(2)12-3-5(7(8,9)10)11-6(12)13/h4-5H,3H2,1-2H3,(H,11,13). The van der Waals surface area contributed by atoms with Gasteiger partial charge in [-0.1, -0.05) is 0 Å². The number of rotatable bonds is 1. The molecule has 0 aromatic rings. The number of hydrogen-bond donors (Lipinski definition) is 1. The third-order valence-corrected chi connectivity index (χ3v) is 1.96. The Morgan fingerprint density at radius 2 is 2.08 bits per heavy atom. The molecule has 1 unspecified atom stereocenters. The third-order valence-electron chi connectivity index (χ3n) is 1.96. The summed E-state index contributed by atoms with van der Waals surface area (Å²) in [6, 6.07) is -2.56. The van der Waals surface area contributed by atoms with Crippen LogP contribution in [0.15, 0.2) is 0 Å². The Morgan fingerprint density at radius 3 is 2.31 bits per heavy atom. The number of alkyl halides is 3. The summed E-state index contributed by atoms with van der Waals surface area (Å²) in [4.78, 5) is 12.2. The Balaban J connectivity index is 2.66. The number of amides is 2. The maximum Gasteiger partial charge on any atom is 0.410 e. The molecule has 13 heavy (non-hydrogen) atoms. The number of hydrogen-bond acceptors (Lipinski definition) is 1. The molecule has 1 N–H and O–H groups in total. The molecule has 0 aromatic heterocycles. The Bertz CT molecular complexity index is 214. The predicted molar refractivity (Wildman–Crippen MR) is 40.2 cm³/mol. The van der Waals surface area contributed by atoms with Crippen LogP contribution in [0.2, 0.25) is 0 Å². The lowest BCUT2D eigenvalue weighted by atomic mass is 10.3. The smallest absolute Gasteiger partial charge is 0.324 e. The van der Waals surface area contributed by atoms with Gasteiger partial charge >= 0.3 is 12.2 Å². The SMILES string of the molecule is CC(C)N1CC(C(F)(F)F)NC1=O. The summed E-state index contributed by atoms with van der Waals surface area (Å²) in [6.45, 7) is 3.07. The highest BCUT2D eigenvalue weighted by Gasteiger charge is 2.47. The molecule has 1 aliphatic rings. The van der Waals surface area contributed by atoms with Gasteiger partial charge < -0.3 is 10.2 Å². The van der Waals surface area contributed by atoms with Crippen LogP contribution in [0.4, 0.5) is 18.0 Å². The van der Waals surface area contributed by atoms with Crippen molar-refractivity contribution in [3.63, 3.8) is 0 Å². The summed E-state index contributed by atoms with van der Waals surface area (Å²) < 4.78 is 36.4. The highest BCUT2D eigenvalue weighted by Crippen LogP contribution is 2.24. The molecule has 1 atom stereocenters. The first-order chi connectivity index (χ1) is 5.82. The fourth-order valence-electron chi connectivity index (χ4n) is 1.19. The van der Waals surface area contributed by atoms with E-state index in [0.29, 0.717) is 0 Å². The van der Waals surface area contributed by atoms with Crippen LogP contribution in [-0.4, -0.2) is 35.7 Å².